The lowest BCUT2D eigenvalue weighted by molar-refractivity contribution is 0.0923. The van der Waals surface area contributed by atoms with Gasteiger partial charge in [-0.2, -0.15) is 5.10 Å². The molecule has 1 atom stereocenters. The monoisotopic (exact) mass is 367 g/mol. The maximum atomic E-state index is 12.9. The summed E-state index contributed by atoms with van der Waals surface area (Å²) in [6, 6.07) is 1.91. The molecule has 7 nitrogen and oxygen atoms in total. The summed E-state index contributed by atoms with van der Waals surface area (Å²) in [6.07, 6.45) is 8.51. The first-order valence-corrected chi connectivity index (χ1v) is 10.00. The van der Waals surface area contributed by atoms with Crippen molar-refractivity contribution < 1.29 is 9.53 Å². The number of nitrogens with one attached hydrogen (secondary N) is 2. The fraction of sp³-hybridized carbons (Fsp3) is 0.600. The summed E-state index contributed by atoms with van der Waals surface area (Å²) in [6.45, 7) is 2.64. The Kier molecular flexibility index (Phi) is 4.10. The maximum absolute atomic E-state index is 12.9. The van der Waals surface area contributed by atoms with Gasteiger partial charge in [-0.3, -0.25) is 14.9 Å². The minimum absolute atomic E-state index is 0.0804. The van der Waals surface area contributed by atoms with Crippen molar-refractivity contribution in [1.82, 2.24) is 25.5 Å². The molecule has 0 aromatic carbocycles. The van der Waals surface area contributed by atoms with Gasteiger partial charge in [-0.05, 0) is 63.4 Å². The highest BCUT2D eigenvalue weighted by atomic mass is 16.5. The third-order valence-electron chi connectivity index (χ3n) is 5.54. The van der Waals surface area contributed by atoms with Crippen molar-refractivity contribution in [2.75, 3.05) is 6.61 Å². The van der Waals surface area contributed by atoms with Gasteiger partial charge in [0.25, 0.3) is 5.91 Å². The van der Waals surface area contributed by atoms with Crippen LogP contribution in [0.25, 0.3) is 0 Å². The normalized spacial score (nSPS) is 20.3. The van der Waals surface area contributed by atoms with E-state index in [1.54, 1.807) is 6.20 Å². The molecule has 2 aromatic heterocycles. The van der Waals surface area contributed by atoms with Gasteiger partial charge in [0.2, 0.25) is 5.88 Å². The quantitative estimate of drug-likeness (QED) is 0.748. The number of nitrogens with zero attached hydrogens (tertiary/aromatic N) is 3. The second kappa shape index (κ2) is 6.62. The number of carbonyl (C=O) groups is 1. The number of carbonyl (C=O) groups excluding carboxylic acids is 1. The highest BCUT2D eigenvalue weighted by molar-refractivity contribution is 5.92. The van der Waals surface area contributed by atoms with Crippen LogP contribution in [0.4, 0.5) is 0 Å². The van der Waals surface area contributed by atoms with Crippen molar-refractivity contribution >= 4 is 5.91 Å². The van der Waals surface area contributed by atoms with Crippen LogP contribution in [0.2, 0.25) is 0 Å². The first kappa shape index (κ1) is 16.7. The molecule has 3 aliphatic rings. The van der Waals surface area contributed by atoms with E-state index in [1.165, 1.54) is 12.8 Å². The molecular formula is C20H25N5O2. The summed E-state index contributed by atoms with van der Waals surface area (Å²) in [5.74, 6) is 1.86. The Morgan fingerprint density at radius 3 is 2.74 bits per heavy atom. The predicted molar refractivity (Wildman–Crippen MR) is 98.5 cm³/mol. The molecule has 3 saturated carbocycles. The van der Waals surface area contributed by atoms with Crippen LogP contribution < -0.4 is 10.1 Å². The van der Waals surface area contributed by atoms with E-state index in [0.717, 1.165) is 42.8 Å². The number of amides is 1. The van der Waals surface area contributed by atoms with Gasteiger partial charge >= 0.3 is 0 Å². The molecule has 0 bridgehead atoms. The summed E-state index contributed by atoms with van der Waals surface area (Å²) >= 11 is 0. The third kappa shape index (κ3) is 3.82. The van der Waals surface area contributed by atoms with Gasteiger partial charge in [0.1, 0.15) is 11.4 Å². The number of hydrogen-bond donors (Lipinski definition) is 2. The van der Waals surface area contributed by atoms with Gasteiger partial charge in [-0.25, -0.2) is 4.98 Å². The van der Waals surface area contributed by atoms with E-state index in [9.17, 15) is 4.79 Å². The lowest BCUT2D eigenvalue weighted by Crippen LogP contribution is -2.31. The molecule has 0 aliphatic heterocycles. The van der Waals surface area contributed by atoms with E-state index in [0.29, 0.717) is 35.9 Å². The zero-order chi connectivity index (χ0) is 18.4. The topological polar surface area (TPSA) is 92.8 Å². The maximum Gasteiger partial charge on any atom is 0.272 e. The fourth-order valence-corrected chi connectivity index (χ4v) is 3.39. The van der Waals surface area contributed by atoms with E-state index in [4.69, 9.17) is 4.74 Å². The predicted octanol–water partition coefficient (Wildman–Crippen LogP) is 3.06. The Balaban J connectivity index is 1.34. The Labute approximate surface area is 158 Å². The van der Waals surface area contributed by atoms with E-state index in [2.05, 4.69) is 25.5 Å². The second-order valence-corrected chi connectivity index (χ2v) is 8.24. The Morgan fingerprint density at radius 1 is 1.30 bits per heavy atom. The molecule has 7 heteroatoms. The molecule has 3 aliphatic carbocycles. The van der Waals surface area contributed by atoms with Crippen LogP contribution in [0.5, 0.6) is 5.88 Å². The van der Waals surface area contributed by atoms with Gasteiger partial charge in [0.05, 0.1) is 24.5 Å². The standard InChI is InChI=1S/C20H25N5O2/c1-11-8-15(25-24-11)17(13-4-5-13)23-19(26)16-9-21-18(14-6-7-14)20(22-16)27-10-12-2-3-12/h8-9,12-14,17H,2-7,10H2,1H3,(H,23,26)(H,24,25). The number of hydrogen-bond acceptors (Lipinski definition) is 5. The molecule has 0 spiro atoms. The van der Waals surface area contributed by atoms with Crippen molar-refractivity contribution in [1.29, 1.82) is 0 Å². The molecule has 0 radical (unpaired) electrons. The van der Waals surface area contributed by atoms with Crippen LogP contribution in [0.15, 0.2) is 12.3 Å². The first-order chi connectivity index (χ1) is 13.2. The van der Waals surface area contributed by atoms with E-state index in [1.807, 2.05) is 13.0 Å². The summed E-state index contributed by atoms with van der Waals surface area (Å²) in [5.41, 5.74) is 3.11. The van der Waals surface area contributed by atoms with Crippen LogP contribution in [0.3, 0.4) is 0 Å². The molecule has 2 heterocycles. The van der Waals surface area contributed by atoms with Crippen LogP contribution in [0.1, 0.15) is 78.1 Å². The molecule has 2 aromatic rings. The Hall–Kier alpha value is -2.44. The van der Waals surface area contributed by atoms with Crippen molar-refractivity contribution in [3.63, 3.8) is 0 Å². The zero-order valence-corrected chi connectivity index (χ0v) is 15.6. The van der Waals surface area contributed by atoms with Gasteiger partial charge in [-0.1, -0.05) is 0 Å². The second-order valence-electron chi connectivity index (χ2n) is 8.24. The lowest BCUT2D eigenvalue weighted by Gasteiger charge is -2.16. The molecule has 3 fully saturated rings. The summed E-state index contributed by atoms with van der Waals surface area (Å²) in [7, 11) is 0. The molecular weight excluding hydrogens is 342 g/mol. The first-order valence-electron chi connectivity index (χ1n) is 10.00. The average molecular weight is 367 g/mol. The lowest BCUT2D eigenvalue weighted by atomic mass is 10.1. The summed E-state index contributed by atoms with van der Waals surface area (Å²) in [5, 5.41) is 10.4. The average Bonchev–Trinajstić information content (AvgIpc) is 3.54. The molecule has 5 rings (SSSR count). The zero-order valence-electron chi connectivity index (χ0n) is 15.6. The van der Waals surface area contributed by atoms with Gasteiger partial charge < -0.3 is 10.1 Å². The van der Waals surface area contributed by atoms with Gasteiger partial charge in [-0.15, -0.1) is 0 Å². The largest absolute Gasteiger partial charge is 0.476 e. The van der Waals surface area contributed by atoms with Crippen molar-refractivity contribution in [2.45, 2.75) is 57.4 Å². The van der Waals surface area contributed by atoms with Crippen LogP contribution in [0, 0.1) is 18.8 Å². The smallest absolute Gasteiger partial charge is 0.272 e. The van der Waals surface area contributed by atoms with E-state index in [-0.39, 0.29) is 11.9 Å². The van der Waals surface area contributed by atoms with Crippen molar-refractivity contribution in [3.05, 3.63) is 35.0 Å². The highest BCUT2D eigenvalue weighted by Crippen LogP contribution is 2.43. The number of aryl methyl sites for hydroxylation is 1. The van der Waals surface area contributed by atoms with Crippen molar-refractivity contribution in [2.24, 2.45) is 11.8 Å². The Bertz CT molecular complexity index is 852. The summed E-state index contributed by atoms with van der Waals surface area (Å²) < 4.78 is 5.93. The van der Waals surface area contributed by atoms with Crippen molar-refractivity contribution in [3.8, 4) is 5.88 Å². The highest BCUT2D eigenvalue weighted by Gasteiger charge is 2.36. The molecule has 1 amide bonds. The molecule has 27 heavy (non-hydrogen) atoms. The third-order valence-corrected chi connectivity index (χ3v) is 5.54. The SMILES string of the molecule is Cc1cc(C(NC(=O)c2cnc(C3CC3)c(OCC3CC3)n2)C2CC2)n[nH]1. The van der Waals surface area contributed by atoms with Gasteiger partial charge in [0.15, 0.2) is 0 Å². The van der Waals surface area contributed by atoms with Gasteiger partial charge in [0, 0.05) is 11.6 Å². The number of aromatic nitrogens is 4. The fourth-order valence-electron chi connectivity index (χ4n) is 3.39. The Morgan fingerprint density at radius 2 is 2.11 bits per heavy atom. The number of H-pyrrole nitrogens is 1. The minimum atomic E-state index is -0.210. The van der Waals surface area contributed by atoms with Crippen LogP contribution >= 0.6 is 0 Å². The van der Waals surface area contributed by atoms with E-state index >= 15 is 0 Å². The van der Waals surface area contributed by atoms with Crippen LogP contribution in [-0.2, 0) is 0 Å². The molecule has 1 unspecified atom stereocenters. The molecule has 0 saturated heterocycles. The number of rotatable bonds is 8. The molecule has 2 N–H and O–H groups in total. The number of aromatic amines is 1. The summed E-state index contributed by atoms with van der Waals surface area (Å²) in [4.78, 5) is 21.9. The molecule has 142 valence electrons. The van der Waals surface area contributed by atoms with E-state index < -0.39 is 0 Å². The van der Waals surface area contributed by atoms with Crippen LogP contribution in [-0.4, -0.2) is 32.7 Å². The minimum Gasteiger partial charge on any atom is -0.476 e. The number of ether oxygens (including phenoxy) is 1.